The zero-order chi connectivity index (χ0) is 13.8. The third-order valence-electron chi connectivity index (χ3n) is 3.51. The SMILES string of the molecule is CCOC(C1CC1)C(Cc1ccc(Cl)cc1Cl)NN. The molecule has 3 N–H and O–H groups in total. The van der Waals surface area contributed by atoms with Crippen molar-refractivity contribution in [2.45, 2.75) is 38.3 Å². The Hall–Kier alpha value is -0.320. The highest BCUT2D eigenvalue weighted by Gasteiger charge is 2.37. The van der Waals surface area contributed by atoms with Gasteiger partial charge in [-0.3, -0.25) is 11.3 Å². The van der Waals surface area contributed by atoms with E-state index in [9.17, 15) is 0 Å². The van der Waals surface area contributed by atoms with Crippen LogP contribution in [0.2, 0.25) is 10.0 Å². The average molecular weight is 303 g/mol. The second-order valence-electron chi connectivity index (χ2n) is 4.97. The standard InChI is InChI=1S/C14H20Cl2N2O/c1-2-19-14(9-3-4-9)13(18-17)7-10-5-6-11(15)8-12(10)16/h5-6,8-9,13-14,18H,2-4,7,17H2,1H3. The molecule has 2 unspecified atom stereocenters. The van der Waals surface area contributed by atoms with Gasteiger partial charge in [0, 0.05) is 16.7 Å². The van der Waals surface area contributed by atoms with Crippen LogP contribution in [0.3, 0.4) is 0 Å². The third-order valence-corrected chi connectivity index (χ3v) is 4.10. The minimum Gasteiger partial charge on any atom is -0.377 e. The zero-order valence-corrected chi connectivity index (χ0v) is 12.5. The van der Waals surface area contributed by atoms with Gasteiger partial charge in [-0.2, -0.15) is 0 Å². The molecule has 3 nitrogen and oxygen atoms in total. The quantitative estimate of drug-likeness (QED) is 0.601. The molecular formula is C14H20Cl2N2O. The highest BCUT2D eigenvalue weighted by Crippen LogP contribution is 2.36. The Kier molecular flexibility index (Phi) is 5.48. The highest BCUT2D eigenvalue weighted by atomic mass is 35.5. The number of ether oxygens (including phenoxy) is 1. The molecule has 0 saturated heterocycles. The summed E-state index contributed by atoms with van der Waals surface area (Å²) in [6, 6.07) is 5.64. The van der Waals surface area contributed by atoms with E-state index in [0.717, 1.165) is 12.0 Å². The van der Waals surface area contributed by atoms with Gasteiger partial charge < -0.3 is 4.74 Å². The first-order valence-corrected chi connectivity index (χ1v) is 7.43. The molecule has 1 fully saturated rings. The fourth-order valence-electron chi connectivity index (χ4n) is 2.39. The first-order chi connectivity index (χ1) is 9.15. The minimum atomic E-state index is 0.0751. The fraction of sp³-hybridized carbons (Fsp3) is 0.571. The third kappa shape index (κ3) is 4.07. The van der Waals surface area contributed by atoms with Gasteiger partial charge in [0.1, 0.15) is 0 Å². The van der Waals surface area contributed by atoms with Gasteiger partial charge in [0.15, 0.2) is 0 Å². The van der Waals surface area contributed by atoms with Crippen molar-refractivity contribution >= 4 is 23.2 Å². The predicted molar refractivity (Wildman–Crippen MR) is 79.4 cm³/mol. The van der Waals surface area contributed by atoms with Crippen LogP contribution in [0, 0.1) is 5.92 Å². The lowest BCUT2D eigenvalue weighted by Gasteiger charge is -2.27. The van der Waals surface area contributed by atoms with Crippen molar-refractivity contribution in [3.63, 3.8) is 0 Å². The van der Waals surface area contributed by atoms with Crippen LogP contribution < -0.4 is 11.3 Å². The summed E-state index contributed by atoms with van der Waals surface area (Å²) < 4.78 is 5.84. The van der Waals surface area contributed by atoms with E-state index in [2.05, 4.69) is 5.43 Å². The smallest absolute Gasteiger partial charge is 0.0772 e. The second-order valence-corrected chi connectivity index (χ2v) is 5.81. The van der Waals surface area contributed by atoms with Gasteiger partial charge in [-0.15, -0.1) is 0 Å². The molecule has 0 amide bonds. The summed E-state index contributed by atoms with van der Waals surface area (Å²) in [5.41, 5.74) is 3.92. The molecule has 106 valence electrons. The molecular weight excluding hydrogens is 283 g/mol. The summed E-state index contributed by atoms with van der Waals surface area (Å²) in [6.07, 6.45) is 3.34. The van der Waals surface area contributed by atoms with Crippen molar-refractivity contribution in [1.82, 2.24) is 5.43 Å². The van der Waals surface area contributed by atoms with Crippen molar-refractivity contribution in [2.75, 3.05) is 6.61 Å². The number of hydrogen-bond acceptors (Lipinski definition) is 3. The summed E-state index contributed by atoms with van der Waals surface area (Å²) in [7, 11) is 0. The molecule has 2 rings (SSSR count). The second kappa shape index (κ2) is 6.91. The van der Waals surface area contributed by atoms with Gasteiger partial charge in [-0.05, 0) is 49.8 Å². The summed E-state index contributed by atoms with van der Waals surface area (Å²) in [5, 5.41) is 1.33. The molecule has 5 heteroatoms. The Morgan fingerprint density at radius 2 is 2.16 bits per heavy atom. The molecule has 0 radical (unpaired) electrons. The van der Waals surface area contributed by atoms with E-state index >= 15 is 0 Å². The van der Waals surface area contributed by atoms with Crippen molar-refractivity contribution in [1.29, 1.82) is 0 Å². The molecule has 1 saturated carbocycles. The Morgan fingerprint density at radius 1 is 1.42 bits per heavy atom. The molecule has 0 heterocycles. The van der Waals surface area contributed by atoms with Crippen molar-refractivity contribution in [3.05, 3.63) is 33.8 Å². The largest absolute Gasteiger partial charge is 0.377 e. The summed E-state index contributed by atoms with van der Waals surface area (Å²) in [5.74, 6) is 6.32. The Balaban J connectivity index is 2.08. The molecule has 19 heavy (non-hydrogen) atoms. The Labute approximate surface area is 124 Å². The van der Waals surface area contributed by atoms with Crippen molar-refractivity contribution in [2.24, 2.45) is 11.8 Å². The molecule has 0 bridgehead atoms. The van der Waals surface area contributed by atoms with Crippen LogP contribution in [0.4, 0.5) is 0 Å². The monoisotopic (exact) mass is 302 g/mol. The predicted octanol–water partition coefficient (Wildman–Crippen LogP) is 3.18. The molecule has 2 atom stereocenters. The van der Waals surface area contributed by atoms with E-state index in [0.29, 0.717) is 22.6 Å². The van der Waals surface area contributed by atoms with Crippen LogP contribution in [0.15, 0.2) is 18.2 Å². The van der Waals surface area contributed by atoms with Crippen LogP contribution in [-0.2, 0) is 11.2 Å². The van der Waals surface area contributed by atoms with Crippen molar-refractivity contribution < 1.29 is 4.74 Å². The molecule has 0 spiro atoms. The van der Waals surface area contributed by atoms with Crippen LogP contribution >= 0.6 is 23.2 Å². The van der Waals surface area contributed by atoms with E-state index in [1.54, 1.807) is 6.07 Å². The summed E-state index contributed by atoms with van der Waals surface area (Å²) in [4.78, 5) is 0. The van der Waals surface area contributed by atoms with Gasteiger partial charge in [-0.25, -0.2) is 0 Å². The van der Waals surface area contributed by atoms with Gasteiger partial charge in [0.2, 0.25) is 0 Å². The molecule has 0 aliphatic heterocycles. The van der Waals surface area contributed by atoms with Gasteiger partial charge in [-0.1, -0.05) is 29.3 Å². The fourth-order valence-corrected chi connectivity index (χ4v) is 2.88. The Bertz CT molecular complexity index is 424. The number of benzene rings is 1. The number of halogens is 2. The topological polar surface area (TPSA) is 47.3 Å². The number of hydrazine groups is 1. The number of nitrogens with one attached hydrogen (secondary N) is 1. The Morgan fingerprint density at radius 3 is 2.68 bits per heavy atom. The van der Waals surface area contributed by atoms with Crippen LogP contribution in [-0.4, -0.2) is 18.8 Å². The highest BCUT2D eigenvalue weighted by molar-refractivity contribution is 6.35. The first-order valence-electron chi connectivity index (χ1n) is 6.67. The molecule has 0 aromatic heterocycles. The lowest BCUT2D eigenvalue weighted by Crippen LogP contribution is -2.47. The lowest BCUT2D eigenvalue weighted by molar-refractivity contribution is 0.0192. The lowest BCUT2D eigenvalue weighted by atomic mass is 9.98. The molecule has 1 aromatic carbocycles. The minimum absolute atomic E-state index is 0.0751. The van der Waals surface area contributed by atoms with Crippen molar-refractivity contribution in [3.8, 4) is 0 Å². The maximum atomic E-state index is 6.21. The molecule has 1 aromatic rings. The number of hydrogen-bond donors (Lipinski definition) is 2. The molecule has 1 aliphatic carbocycles. The van der Waals surface area contributed by atoms with Crippen LogP contribution in [0.5, 0.6) is 0 Å². The van der Waals surface area contributed by atoms with E-state index in [4.69, 9.17) is 33.8 Å². The van der Waals surface area contributed by atoms with E-state index in [-0.39, 0.29) is 12.1 Å². The van der Waals surface area contributed by atoms with E-state index in [1.807, 2.05) is 19.1 Å². The van der Waals surface area contributed by atoms with Crippen LogP contribution in [0.25, 0.3) is 0 Å². The van der Waals surface area contributed by atoms with E-state index in [1.165, 1.54) is 12.8 Å². The van der Waals surface area contributed by atoms with E-state index < -0.39 is 0 Å². The number of nitrogens with two attached hydrogens (primary N) is 1. The average Bonchev–Trinajstić information content (AvgIpc) is 3.20. The first kappa shape index (κ1) is 15.1. The summed E-state index contributed by atoms with van der Waals surface area (Å²) in [6.45, 7) is 2.71. The molecule has 1 aliphatic rings. The summed E-state index contributed by atoms with van der Waals surface area (Å²) >= 11 is 12.1. The maximum Gasteiger partial charge on any atom is 0.0772 e. The van der Waals surface area contributed by atoms with Crippen LogP contribution in [0.1, 0.15) is 25.3 Å². The van der Waals surface area contributed by atoms with Gasteiger partial charge in [0.25, 0.3) is 0 Å². The van der Waals surface area contributed by atoms with Gasteiger partial charge >= 0.3 is 0 Å². The number of rotatable bonds is 7. The van der Waals surface area contributed by atoms with Gasteiger partial charge in [0.05, 0.1) is 12.1 Å². The normalized spacial score (nSPS) is 18.3. The zero-order valence-electron chi connectivity index (χ0n) is 11.0. The maximum absolute atomic E-state index is 6.21.